The number of likely N-dealkylation sites (N-methyl/N-ethyl adjacent to an activating group) is 1. The van der Waals surface area contributed by atoms with Crippen molar-refractivity contribution in [3.05, 3.63) is 66.0 Å². The molecule has 16 heteroatoms. The summed E-state index contributed by atoms with van der Waals surface area (Å²) in [5.74, 6) is 1.18. The third-order valence-electron chi connectivity index (χ3n) is 13.3. The Kier molecular flexibility index (Phi) is 12.5. The van der Waals surface area contributed by atoms with Gasteiger partial charge in [-0.3, -0.25) is 9.59 Å². The molecule has 4 atom stereocenters. The van der Waals surface area contributed by atoms with E-state index in [-0.39, 0.29) is 41.7 Å². The second kappa shape index (κ2) is 18.0. The lowest BCUT2D eigenvalue weighted by Crippen LogP contribution is -2.51. The van der Waals surface area contributed by atoms with Gasteiger partial charge in [0.05, 0.1) is 55.8 Å². The van der Waals surface area contributed by atoms with Crippen molar-refractivity contribution in [2.24, 2.45) is 11.8 Å². The first kappa shape index (κ1) is 44.3. The molecule has 2 aromatic carbocycles. The zero-order valence-corrected chi connectivity index (χ0v) is 38.4. The van der Waals surface area contributed by atoms with Crippen molar-refractivity contribution in [1.29, 1.82) is 0 Å². The van der Waals surface area contributed by atoms with Gasteiger partial charge in [-0.15, -0.1) is 0 Å². The van der Waals surface area contributed by atoms with Crippen molar-refractivity contribution in [1.82, 2.24) is 44.9 Å². The molecular weight excluding hydrogens is 813 g/mol. The van der Waals surface area contributed by atoms with Gasteiger partial charge in [0.1, 0.15) is 23.7 Å². The van der Waals surface area contributed by atoms with Crippen LogP contribution in [0.15, 0.2) is 48.8 Å². The third kappa shape index (κ3) is 8.18. The number of carbonyl (C=O) groups is 4. The van der Waals surface area contributed by atoms with Crippen LogP contribution < -0.4 is 15.5 Å². The van der Waals surface area contributed by atoms with E-state index in [2.05, 4.69) is 87.4 Å². The normalized spacial score (nSPS) is 18.3. The average molecular weight is 875 g/mol. The fraction of sp³-hybridized carbons (Fsp3) is 0.500. The number of hydrogen-bond donors (Lipinski definition) is 4. The van der Waals surface area contributed by atoms with Crippen molar-refractivity contribution in [3.63, 3.8) is 0 Å². The predicted octanol–water partition coefficient (Wildman–Crippen LogP) is 7.75. The molecule has 0 radical (unpaired) electrons. The molecule has 0 bridgehead atoms. The molecule has 3 aliphatic rings. The Balaban J connectivity index is 1.08. The number of aromatic nitrogens is 5. The molecule has 3 aromatic heterocycles. The number of nitrogens with one attached hydrogen (secondary N) is 4. The Morgan fingerprint density at radius 3 is 1.72 bits per heavy atom. The van der Waals surface area contributed by atoms with Crippen LogP contribution in [0.3, 0.4) is 0 Å². The molecule has 16 nitrogen and oxygen atoms in total. The van der Waals surface area contributed by atoms with Gasteiger partial charge in [0.25, 0.3) is 0 Å². The van der Waals surface area contributed by atoms with Crippen LogP contribution in [0.1, 0.15) is 102 Å². The first-order valence-corrected chi connectivity index (χ1v) is 22.6. The molecule has 340 valence electrons. The SMILES string of the molecule is COC(=O)NC(C(=O)N1CCC[C@H]1c1ncc(-c2ccc3c(c2)c(C(C)C)c2n3CCN(C)c3cc(-c4cnc([C@@H]5CCCN5C(=O)[C@@H](NC(=O)OC)C(C)C)[nH]4)ccc3-2)[nH]1)C(C)C. The van der Waals surface area contributed by atoms with Gasteiger partial charge in [-0.25, -0.2) is 19.6 Å². The van der Waals surface area contributed by atoms with Crippen molar-refractivity contribution >= 4 is 40.6 Å². The molecule has 0 spiro atoms. The Hall–Kier alpha value is -6.32. The van der Waals surface area contributed by atoms with Gasteiger partial charge in [-0.2, -0.15) is 0 Å². The lowest BCUT2D eigenvalue weighted by molar-refractivity contribution is -0.136. The number of likely N-dealkylation sites (tertiary alicyclic amines) is 2. The van der Waals surface area contributed by atoms with Crippen molar-refractivity contribution in [3.8, 4) is 33.8 Å². The molecule has 1 unspecified atom stereocenters. The van der Waals surface area contributed by atoms with E-state index in [1.54, 1.807) is 0 Å². The lowest BCUT2D eigenvalue weighted by Gasteiger charge is -2.30. The third-order valence-corrected chi connectivity index (χ3v) is 13.3. The van der Waals surface area contributed by atoms with Crippen LogP contribution in [0.2, 0.25) is 0 Å². The first-order valence-electron chi connectivity index (χ1n) is 22.6. The Morgan fingerprint density at radius 2 is 1.22 bits per heavy atom. The summed E-state index contributed by atoms with van der Waals surface area (Å²) >= 11 is 0. The summed E-state index contributed by atoms with van der Waals surface area (Å²) in [5, 5.41) is 6.66. The lowest BCUT2D eigenvalue weighted by atomic mass is 9.93. The zero-order valence-electron chi connectivity index (χ0n) is 38.4. The summed E-state index contributed by atoms with van der Waals surface area (Å²) in [5.41, 5.74) is 9.72. The number of aromatic amines is 2. The molecule has 4 amide bonds. The number of anilines is 1. The molecule has 2 fully saturated rings. The number of hydrogen-bond acceptors (Lipinski definition) is 9. The van der Waals surface area contributed by atoms with Gasteiger partial charge in [0.2, 0.25) is 11.8 Å². The van der Waals surface area contributed by atoms with E-state index in [0.29, 0.717) is 13.1 Å². The topological polar surface area (TPSA) is 183 Å². The minimum Gasteiger partial charge on any atom is -0.453 e. The minimum atomic E-state index is -0.701. The number of H-pyrrole nitrogens is 2. The molecule has 5 aromatic rings. The van der Waals surface area contributed by atoms with Crippen LogP contribution in [-0.2, 0) is 25.6 Å². The number of nitrogens with zero attached hydrogens (tertiary/aromatic N) is 6. The molecule has 6 heterocycles. The maximum Gasteiger partial charge on any atom is 0.407 e. The van der Waals surface area contributed by atoms with E-state index in [1.165, 1.54) is 36.4 Å². The monoisotopic (exact) mass is 874 g/mol. The smallest absolute Gasteiger partial charge is 0.407 e. The van der Waals surface area contributed by atoms with Crippen molar-refractivity contribution in [2.45, 2.75) is 104 Å². The van der Waals surface area contributed by atoms with Crippen LogP contribution in [-0.4, -0.2) is 111 Å². The minimum absolute atomic E-state index is 0.116. The molecule has 0 aliphatic carbocycles. The van der Waals surface area contributed by atoms with Crippen molar-refractivity contribution < 1.29 is 28.7 Å². The molecule has 0 saturated carbocycles. The largest absolute Gasteiger partial charge is 0.453 e. The molecule has 64 heavy (non-hydrogen) atoms. The van der Waals surface area contributed by atoms with Crippen molar-refractivity contribution in [2.75, 3.05) is 45.8 Å². The second-order valence-corrected chi connectivity index (χ2v) is 18.4. The van der Waals surface area contributed by atoms with E-state index in [0.717, 1.165) is 84.2 Å². The highest BCUT2D eigenvalue weighted by Gasteiger charge is 2.39. The van der Waals surface area contributed by atoms with Crippen LogP contribution in [0.4, 0.5) is 15.3 Å². The maximum absolute atomic E-state index is 13.8. The van der Waals surface area contributed by atoms with Gasteiger partial charge in [-0.1, -0.05) is 59.7 Å². The van der Waals surface area contributed by atoms with E-state index in [1.807, 2.05) is 49.9 Å². The molecule has 8 rings (SSSR count). The first-order chi connectivity index (χ1) is 30.7. The summed E-state index contributed by atoms with van der Waals surface area (Å²) in [6, 6.07) is 11.4. The Morgan fingerprint density at radius 1 is 0.703 bits per heavy atom. The van der Waals surface area contributed by atoms with Gasteiger partial charge < -0.3 is 49.3 Å². The molecule has 4 N–H and O–H groups in total. The number of amides is 4. The van der Waals surface area contributed by atoms with E-state index >= 15 is 0 Å². The molecular formula is C48H62N10O6. The van der Waals surface area contributed by atoms with Crippen LogP contribution in [0.25, 0.3) is 44.7 Å². The predicted molar refractivity (Wildman–Crippen MR) is 246 cm³/mol. The van der Waals surface area contributed by atoms with Gasteiger partial charge in [0.15, 0.2) is 0 Å². The Labute approximate surface area is 374 Å². The summed E-state index contributed by atoms with van der Waals surface area (Å²) in [4.78, 5) is 74.6. The Bertz CT molecular complexity index is 2550. The van der Waals surface area contributed by atoms with E-state index in [9.17, 15) is 19.2 Å². The number of carbonyl (C=O) groups excluding carboxylic acids is 4. The number of ether oxygens (including phenoxy) is 2. The summed E-state index contributed by atoms with van der Waals surface area (Å²) in [6.07, 6.45) is 5.71. The quantitative estimate of drug-likeness (QED) is 0.103. The number of imidazole rings is 2. The van der Waals surface area contributed by atoms with Gasteiger partial charge in [0, 0.05) is 66.5 Å². The fourth-order valence-corrected chi connectivity index (χ4v) is 9.93. The number of benzene rings is 2. The van der Waals surface area contributed by atoms with Crippen LogP contribution in [0, 0.1) is 11.8 Å². The highest BCUT2D eigenvalue weighted by atomic mass is 16.5. The number of alkyl carbamates (subject to hydrolysis) is 2. The summed E-state index contributed by atoms with van der Waals surface area (Å²) < 4.78 is 12.1. The maximum atomic E-state index is 13.8. The van der Waals surface area contributed by atoms with Gasteiger partial charge >= 0.3 is 12.2 Å². The molecule has 3 aliphatic heterocycles. The standard InChI is InChI=1S/C48H62N10O6/c1-26(2)39-32-22-29(33-24-49-43(51-33)36-12-10-18-57(36)45(59)40(27(3)4)53-47(61)63-8)15-17-35(32)56-21-20-55(7)38-23-30(14-16-31(38)42(39)56)34-25-50-44(52-34)37-13-11-19-58(37)46(60)41(28(5)6)54-48(62)64-9/h14-17,22-28,36-37,40-41H,10-13,18-21H2,1-9H3,(H,49,51)(H,50,52)(H,53,61)(H,54,62)/t36-,37-,40?,41-/m0/s1. The number of rotatable bonds is 11. The fourth-order valence-electron chi connectivity index (χ4n) is 9.93. The molecule has 2 saturated heterocycles. The van der Waals surface area contributed by atoms with Crippen LogP contribution >= 0.6 is 0 Å². The summed E-state index contributed by atoms with van der Waals surface area (Å²) in [6.45, 7) is 15.0. The van der Waals surface area contributed by atoms with Crippen LogP contribution in [0.5, 0.6) is 0 Å². The zero-order chi connectivity index (χ0) is 45.6. The number of methoxy groups -OCH3 is 2. The number of fused-ring (bicyclic) bond motifs is 5. The summed E-state index contributed by atoms with van der Waals surface area (Å²) in [7, 11) is 4.74. The second-order valence-electron chi connectivity index (χ2n) is 18.4. The average Bonchev–Trinajstić information content (AvgIpc) is 4.14. The van der Waals surface area contributed by atoms with E-state index < -0.39 is 24.3 Å². The highest BCUT2D eigenvalue weighted by Crippen LogP contribution is 2.46. The highest BCUT2D eigenvalue weighted by molar-refractivity contribution is 5.98. The van der Waals surface area contributed by atoms with Gasteiger partial charge in [-0.05, 0) is 67.2 Å². The van der Waals surface area contributed by atoms with E-state index in [4.69, 9.17) is 19.4 Å².